The summed E-state index contributed by atoms with van der Waals surface area (Å²) in [6.07, 6.45) is 9.37. The van der Waals surface area contributed by atoms with Crippen molar-refractivity contribution in [3.05, 3.63) is 18.2 Å². The molecule has 0 radical (unpaired) electrons. The van der Waals surface area contributed by atoms with Gasteiger partial charge in [0.15, 0.2) is 0 Å². The molecule has 1 aromatic heterocycles. The molecule has 0 amide bonds. The molecule has 3 unspecified atom stereocenters. The van der Waals surface area contributed by atoms with Crippen LogP contribution in [0.5, 0.6) is 0 Å². The van der Waals surface area contributed by atoms with Crippen molar-refractivity contribution in [1.29, 1.82) is 0 Å². The third-order valence-electron chi connectivity index (χ3n) is 4.64. The summed E-state index contributed by atoms with van der Waals surface area (Å²) in [6.45, 7) is 8.20. The minimum absolute atomic E-state index is 0.0258. The number of nitrogens with zero attached hydrogens (tertiary/aromatic N) is 2. The van der Waals surface area contributed by atoms with Crippen molar-refractivity contribution in [3.63, 3.8) is 0 Å². The van der Waals surface area contributed by atoms with Crippen LogP contribution in [-0.4, -0.2) is 27.8 Å². The van der Waals surface area contributed by atoms with E-state index >= 15 is 0 Å². The van der Waals surface area contributed by atoms with Gasteiger partial charge in [-0.15, -0.1) is 0 Å². The number of hydrogen-bond donors (Lipinski definition) is 1. The van der Waals surface area contributed by atoms with E-state index in [0.717, 1.165) is 38.2 Å². The van der Waals surface area contributed by atoms with Gasteiger partial charge in [0.2, 0.25) is 0 Å². The highest BCUT2D eigenvalue weighted by Crippen LogP contribution is 2.37. The molecular weight excluding hydrogens is 250 g/mol. The van der Waals surface area contributed by atoms with Crippen LogP contribution in [-0.2, 0) is 17.7 Å². The molecule has 0 saturated heterocycles. The molecule has 1 saturated carbocycles. The Morgan fingerprint density at radius 2 is 2.35 bits per heavy atom. The smallest absolute Gasteiger partial charge is 0.110 e. The molecule has 3 atom stereocenters. The predicted molar refractivity (Wildman–Crippen MR) is 81.6 cm³/mol. The van der Waals surface area contributed by atoms with Crippen LogP contribution in [0, 0.1) is 5.92 Å². The van der Waals surface area contributed by atoms with E-state index in [2.05, 4.69) is 30.3 Å². The maximum Gasteiger partial charge on any atom is 0.110 e. The van der Waals surface area contributed by atoms with Crippen LogP contribution in [0.2, 0.25) is 0 Å². The summed E-state index contributed by atoms with van der Waals surface area (Å²) in [5.74, 6) is 1.78. The third-order valence-corrected chi connectivity index (χ3v) is 4.64. The maximum absolute atomic E-state index is 6.57. The van der Waals surface area contributed by atoms with Crippen LogP contribution in [0.4, 0.5) is 0 Å². The Bertz CT molecular complexity index is 414. The average molecular weight is 279 g/mol. The fourth-order valence-corrected chi connectivity index (χ4v) is 3.61. The van der Waals surface area contributed by atoms with Crippen molar-refractivity contribution < 1.29 is 4.74 Å². The van der Waals surface area contributed by atoms with Gasteiger partial charge in [0.1, 0.15) is 5.82 Å². The first-order valence-corrected chi connectivity index (χ1v) is 8.00. The van der Waals surface area contributed by atoms with Gasteiger partial charge in [0.05, 0.1) is 5.60 Å². The van der Waals surface area contributed by atoms with E-state index in [1.807, 2.05) is 12.4 Å². The van der Waals surface area contributed by atoms with E-state index in [1.54, 1.807) is 0 Å². The van der Waals surface area contributed by atoms with E-state index in [4.69, 9.17) is 10.5 Å². The second-order valence-corrected chi connectivity index (χ2v) is 6.14. The molecule has 0 spiro atoms. The summed E-state index contributed by atoms with van der Waals surface area (Å²) >= 11 is 0. The predicted octanol–water partition coefficient (Wildman–Crippen LogP) is 2.76. The van der Waals surface area contributed by atoms with Crippen LogP contribution >= 0.6 is 0 Å². The van der Waals surface area contributed by atoms with E-state index < -0.39 is 0 Å². The lowest BCUT2D eigenvalue weighted by Gasteiger charge is -2.43. The molecule has 4 nitrogen and oxygen atoms in total. The van der Waals surface area contributed by atoms with Crippen LogP contribution in [0.3, 0.4) is 0 Å². The van der Waals surface area contributed by atoms with Gasteiger partial charge in [-0.25, -0.2) is 4.98 Å². The number of imidazole rings is 1. The van der Waals surface area contributed by atoms with Crippen molar-refractivity contribution in [3.8, 4) is 0 Å². The Morgan fingerprint density at radius 3 is 3.00 bits per heavy atom. The normalized spacial score (nSPS) is 28.5. The standard InChI is InChI=1S/C16H29N3O/c1-4-19-10-9-18-15(19)11-14(17)16(20-5-2)8-6-7-13(3)12-16/h9-10,13-14H,4-8,11-12,17H2,1-3H3. The molecule has 1 aliphatic rings. The Kier molecular flexibility index (Phi) is 5.22. The van der Waals surface area contributed by atoms with Crippen molar-refractivity contribution >= 4 is 0 Å². The van der Waals surface area contributed by atoms with E-state index in [0.29, 0.717) is 5.92 Å². The topological polar surface area (TPSA) is 53.1 Å². The number of rotatable bonds is 6. The zero-order chi connectivity index (χ0) is 14.6. The largest absolute Gasteiger partial charge is 0.374 e. The Balaban J connectivity index is 2.12. The molecule has 1 aromatic rings. The summed E-state index contributed by atoms with van der Waals surface area (Å²) in [7, 11) is 0. The van der Waals surface area contributed by atoms with Gasteiger partial charge in [0.25, 0.3) is 0 Å². The lowest BCUT2D eigenvalue weighted by atomic mass is 9.74. The van der Waals surface area contributed by atoms with Gasteiger partial charge < -0.3 is 15.0 Å². The van der Waals surface area contributed by atoms with Crippen molar-refractivity contribution in [2.24, 2.45) is 11.7 Å². The Hall–Kier alpha value is -0.870. The number of aryl methyl sites for hydroxylation is 1. The maximum atomic E-state index is 6.57. The summed E-state index contributed by atoms with van der Waals surface area (Å²) in [4.78, 5) is 4.46. The van der Waals surface area contributed by atoms with Gasteiger partial charge in [-0.05, 0) is 32.6 Å². The monoisotopic (exact) mass is 279 g/mol. The highest BCUT2D eigenvalue weighted by molar-refractivity contribution is 5.03. The molecule has 2 N–H and O–H groups in total. The quantitative estimate of drug-likeness (QED) is 0.871. The van der Waals surface area contributed by atoms with Gasteiger partial charge in [-0.2, -0.15) is 0 Å². The van der Waals surface area contributed by atoms with Crippen LogP contribution in [0.15, 0.2) is 12.4 Å². The van der Waals surface area contributed by atoms with Crippen molar-refractivity contribution in [2.45, 2.75) is 71.1 Å². The second kappa shape index (κ2) is 6.72. The minimum Gasteiger partial charge on any atom is -0.374 e. The molecule has 0 bridgehead atoms. The first-order chi connectivity index (χ1) is 9.61. The number of aromatic nitrogens is 2. The number of hydrogen-bond acceptors (Lipinski definition) is 3. The third kappa shape index (κ3) is 3.23. The van der Waals surface area contributed by atoms with Crippen LogP contribution in [0.25, 0.3) is 0 Å². The summed E-state index contributed by atoms with van der Waals surface area (Å²) in [5.41, 5.74) is 6.41. The molecule has 114 valence electrons. The Morgan fingerprint density at radius 1 is 1.55 bits per heavy atom. The zero-order valence-electron chi connectivity index (χ0n) is 13.1. The van der Waals surface area contributed by atoms with Gasteiger partial charge in [0, 0.05) is 38.0 Å². The lowest BCUT2D eigenvalue weighted by Crippen LogP contribution is -2.54. The minimum atomic E-state index is -0.156. The molecule has 0 aromatic carbocycles. The fourth-order valence-electron chi connectivity index (χ4n) is 3.61. The fraction of sp³-hybridized carbons (Fsp3) is 0.812. The first kappa shape index (κ1) is 15.5. The summed E-state index contributed by atoms with van der Waals surface area (Å²) in [5, 5.41) is 0. The molecule has 1 aliphatic carbocycles. The van der Waals surface area contributed by atoms with Crippen molar-refractivity contribution in [2.75, 3.05) is 6.61 Å². The SMILES string of the molecule is CCOC1(C(N)Cc2nccn2CC)CCCC(C)C1. The number of nitrogens with two attached hydrogens (primary N) is 1. The van der Waals surface area contributed by atoms with E-state index in [-0.39, 0.29) is 11.6 Å². The van der Waals surface area contributed by atoms with Gasteiger partial charge in [-0.3, -0.25) is 0 Å². The average Bonchev–Trinajstić information content (AvgIpc) is 2.86. The lowest BCUT2D eigenvalue weighted by molar-refractivity contribution is -0.0929. The summed E-state index contributed by atoms with van der Waals surface area (Å²) < 4.78 is 8.34. The molecule has 20 heavy (non-hydrogen) atoms. The zero-order valence-corrected chi connectivity index (χ0v) is 13.1. The molecule has 2 rings (SSSR count). The second-order valence-electron chi connectivity index (χ2n) is 6.14. The van der Waals surface area contributed by atoms with Gasteiger partial charge >= 0.3 is 0 Å². The molecule has 1 heterocycles. The Labute approximate surface area is 122 Å². The number of ether oxygens (including phenoxy) is 1. The van der Waals surface area contributed by atoms with Crippen LogP contribution in [0.1, 0.15) is 52.3 Å². The molecule has 4 heteroatoms. The van der Waals surface area contributed by atoms with Crippen LogP contribution < -0.4 is 5.73 Å². The first-order valence-electron chi connectivity index (χ1n) is 8.00. The molecule has 0 aliphatic heterocycles. The van der Waals surface area contributed by atoms with Gasteiger partial charge in [-0.1, -0.05) is 19.8 Å². The van der Waals surface area contributed by atoms with Crippen molar-refractivity contribution in [1.82, 2.24) is 9.55 Å². The molecule has 1 fully saturated rings. The highest BCUT2D eigenvalue weighted by Gasteiger charge is 2.41. The summed E-state index contributed by atoms with van der Waals surface area (Å²) in [6, 6.07) is 0.0258. The van der Waals surface area contributed by atoms with E-state index in [9.17, 15) is 0 Å². The molecular formula is C16H29N3O. The van der Waals surface area contributed by atoms with E-state index in [1.165, 1.54) is 12.8 Å². The highest BCUT2D eigenvalue weighted by atomic mass is 16.5.